The van der Waals surface area contributed by atoms with E-state index in [0.29, 0.717) is 17.0 Å². The van der Waals surface area contributed by atoms with Gasteiger partial charge in [-0.2, -0.15) is 0 Å². The van der Waals surface area contributed by atoms with Crippen LogP contribution in [-0.2, 0) is 0 Å². The van der Waals surface area contributed by atoms with Crippen LogP contribution in [0.3, 0.4) is 0 Å². The number of nitrogens with one attached hydrogen (secondary N) is 1. The second-order valence-electron chi connectivity index (χ2n) is 5.14. The molecule has 0 radical (unpaired) electrons. The fourth-order valence-electron chi connectivity index (χ4n) is 2.36. The van der Waals surface area contributed by atoms with E-state index in [1.54, 1.807) is 6.92 Å². The number of nitrogens with two attached hydrogens (primary N) is 1. The van der Waals surface area contributed by atoms with Crippen molar-refractivity contribution in [1.82, 2.24) is 0 Å². The smallest absolute Gasteiger partial charge is 0.259 e. The Hall–Kier alpha value is -2.23. The SMILES string of the molecule is Cc1ccc(N)c(C)c1NC(=O)c1c(C)oc(C)c1C. The molecule has 1 aromatic heterocycles. The molecule has 1 heterocycles. The average Bonchev–Trinajstić information content (AvgIpc) is 2.63. The second-order valence-corrected chi connectivity index (χ2v) is 5.14. The summed E-state index contributed by atoms with van der Waals surface area (Å²) in [7, 11) is 0. The van der Waals surface area contributed by atoms with Gasteiger partial charge >= 0.3 is 0 Å². The summed E-state index contributed by atoms with van der Waals surface area (Å²) < 4.78 is 5.50. The highest BCUT2D eigenvalue weighted by Gasteiger charge is 2.20. The van der Waals surface area contributed by atoms with Crippen molar-refractivity contribution in [3.05, 3.63) is 45.9 Å². The van der Waals surface area contributed by atoms with Crippen LogP contribution >= 0.6 is 0 Å². The minimum Gasteiger partial charge on any atom is -0.466 e. The summed E-state index contributed by atoms with van der Waals surface area (Å²) in [5, 5.41) is 2.95. The van der Waals surface area contributed by atoms with Gasteiger partial charge in [-0.1, -0.05) is 6.07 Å². The maximum absolute atomic E-state index is 12.5. The molecule has 1 amide bonds. The molecule has 0 saturated carbocycles. The topological polar surface area (TPSA) is 68.3 Å². The number of furan rings is 1. The van der Waals surface area contributed by atoms with Gasteiger partial charge in [0.05, 0.1) is 5.56 Å². The minimum absolute atomic E-state index is 0.159. The Morgan fingerprint density at radius 1 is 1.05 bits per heavy atom. The van der Waals surface area contributed by atoms with E-state index in [1.807, 2.05) is 39.8 Å². The maximum Gasteiger partial charge on any atom is 0.259 e. The molecule has 2 rings (SSSR count). The molecule has 1 aromatic carbocycles. The largest absolute Gasteiger partial charge is 0.466 e. The summed E-state index contributed by atoms with van der Waals surface area (Å²) in [6.07, 6.45) is 0. The monoisotopic (exact) mass is 272 g/mol. The average molecular weight is 272 g/mol. The molecule has 0 spiro atoms. The number of hydrogen-bond acceptors (Lipinski definition) is 3. The highest BCUT2D eigenvalue weighted by molar-refractivity contribution is 6.07. The van der Waals surface area contributed by atoms with E-state index in [2.05, 4.69) is 5.32 Å². The van der Waals surface area contributed by atoms with E-state index in [1.165, 1.54) is 0 Å². The molecule has 0 unspecified atom stereocenters. The van der Waals surface area contributed by atoms with Crippen LogP contribution in [-0.4, -0.2) is 5.91 Å². The molecule has 0 aliphatic rings. The first-order valence-corrected chi connectivity index (χ1v) is 6.56. The highest BCUT2D eigenvalue weighted by Crippen LogP contribution is 2.27. The van der Waals surface area contributed by atoms with E-state index in [-0.39, 0.29) is 5.91 Å². The summed E-state index contributed by atoms with van der Waals surface area (Å²) in [6, 6.07) is 3.75. The number of hydrogen-bond donors (Lipinski definition) is 2. The van der Waals surface area contributed by atoms with Gasteiger partial charge in [0.15, 0.2) is 0 Å². The van der Waals surface area contributed by atoms with Crippen LogP contribution in [0.1, 0.15) is 38.6 Å². The molecule has 0 atom stereocenters. The fraction of sp³-hybridized carbons (Fsp3) is 0.312. The number of nitrogen functional groups attached to an aromatic ring is 1. The van der Waals surface area contributed by atoms with Crippen molar-refractivity contribution in [3.63, 3.8) is 0 Å². The van der Waals surface area contributed by atoms with E-state index in [9.17, 15) is 4.79 Å². The predicted molar refractivity (Wildman–Crippen MR) is 81.2 cm³/mol. The van der Waals surface area contributed by atoms with Crippen molar-refractivity contribution in [2.75, 3.05) is 11.1 Å². The zero-order chi connectivity index (χ0) is 15.0. The van der Waals surface area contributed by atoms with Gasteiger partial charge in [0.1, 0.15) is 11.5 Å². The van der Waals surface area contributed by atoms with Gasteiger partial charge < -0.3 is 15.5 Å². The Morgan fingerprint density at radius 3 is 2.25 bits per heavy atom. The van der Waals surface area contributed by atoms with E-state index >= 15 is 0 Å². The van der Waals surface area contributed by atoms with Crippen LogP contribution in [0.2, 0.25) is 0 Å². The third-order valence-corrected chi connectivity index (χ3v) is 3.74. The van der Waals surface area contributed by atoms with Crippen molar-refractivity contribution in [2.45, 2.75) is 34.6 Å². The molecule has 2 aromatic rings. The number of anilines is 2. The molecule has 0 bridgehead atoms. The summed E-state index contributed by atoms with van der Waals surface area (Å²) in [5.74, 6) is 1.25. The Bertz CT molecular complexity index is 684. The molecule has 0 saturated heterocycles. The lowest BCUT2D eigenvalue weighted by Gasteiger charge is -2.13. The molecule has 0 fully saturated rings. The molecule has 20 heavy (non-hydrogen) atoms. The third-order valence-electron chi connectivity index (χ3n) is 3.74. The van der Waals surface area contributed by atoms with Gasteiger partial charge in [-0.05, 0) is 51.8 Å². The minimum atomic E-state index is -0.159. The van der Waals surface area contributed by atoms with Gasteiger partial charge in [-0.3, -0.25) is 4.79 Å². The van der Waals surface area contributed by atoms with Gasteiger partial charge in [-0.15, -0.1) is 0 Å². The summed E-state index contributed by atoms with van der Waals surface area (Å²) in [5.41, 5.74) is 10.7. The Labute approximate surface area is 119 Å². The van der Waals surface area contributed by atoms with Crippen molar-refractivity contribution in [1.29, 1.82) is 0 Å². The Balaban J connectivity index is 2.40. The fourth-order valence-corrected chi connectivity index (χ4v) is 2.36. The van der Waals surface area contributed by atoms with E-state index in [0.717, 1.165) is 28.1 Å². The molecular formula is C16H20N2O2. The molecule has 106 valence electrons. The first-order chi connectivity index (χ1) is 9.32. The van der Waals surface area contributed by atoms with Crippen molar-refractivity contribution < 1.29 is 9.21 Å². The number of carbonyl (C=O) groups excluding carboxylic acids is 1. The molecule has 4 heteroatoms. The first kappa shape index (κ1) is 14.2. The summed E-state index contributed by atoms with van der Waals surface area (Å²) >= 11 is 0. The lowest BCUT2D eigenvalue weighted by Crippen LogP contribution is -2.15. The zero-order valence-corrected chi connectivity index (χ0v) is 12.5. The summed E-state index contributed by atoms with van der Waals surface area (Å²) in [4.78, 5) is 12.5. The standard InChI is InChI=1S/C16H20N2O2/c1-8-6-7-13(17)10(3)15(8)18-16(19)14-9(2)11(4)20-12(14)5/h6-7H,17H2,1-5H3,(H,18,19). The quantitative estimate of drug-likeness (QED) is 0.820. The van der Waals surface area contributed by atoms with Crippen LogP contribution in [0.5, 0.6) is 0 Å². The van der Waals surface area contributed by atoms with Crippen LogP contribution in [0.25, 0.3) is 0 Å². The second kappa shape index (κ2) is 5.04. The number of carbonyl (C=O) groups is 1. The van der Waals surface area contributed by atoms with E-state index < -0.39 is 0 Å². The van der Waals surface area contributed by atoms with Crippen LogP contribution in [0.15, 0.2) is 16.5 Å². The van der Waals surface area contributed by atoms with Gasteiger partial charge in [0.25, 0.3) is 5.91 Å². The molecule has 3 N–H and O–H groups in total. The number of amides is 1. The predicted octanol–water partition coefficient (Wildman–Crippen LogP) is 3.66. The van der Waals surface area contributed by atoms with Gasteiger partial charge in [0, 0.05) is 16.9 Å². The van der Waals surface area contributed by atoms with E-state index in [4.69, 9.17) is 10.2 Å². The Morgan fingerprint density at radius 2 is 1.70 bits per heavy atom. The van der Waals surface area contributed by atoms with Crippen LogP contribution in [0.4, 0.5) is 11.4 Å². The van der Waals surface area contributed by atoms with Crippen molar-refractivity contribution >= 4 is 17.3 Å². The van der Waals surface area contributed by atoms with Crippen LogP contribution < -0.4 is 11.1 Å². The van der Waals surface area contributed by atoms with Crippen molar-refractivity contribution in [2.24, 2.45) is 0 Å². The molecular weight excluding hydrogens is 252 g/mol. The third kappa shape index (κ3) is 2.29. The molecule has 0 aliphatic heterocycles. The zero-order valence-electron chi connectivity index (χ0n) is 12.5. The summed E-state index contributed by atoms with van der Waals surface area (Å²) in [6.45, 7) is 9.39. The van der Waals surface area contributed by atoms with Gasteiger partial charge in [-0.25, -0.2) is 0 Å². The lowest BCUT2D eigenvalue weighted by molar-refractivity contribution is 0.102. The van der Waals surface area contributed by atoms with Crippen molar-refractivity contribution in [3.8, 4) is 0 Å². The number of benzene rings is 1. The maximum atomic E-state index is 12.5. The first-order valence-electron chi connectivity index (χ1n) is 6.56. The lowest BCUT2D eigenvalue weighted by atomic mass is 10.1. The number of aryl methyl sites for hydroxylation is 3. The molecule has 4 nitrogen and oxygen atoms in total. The number of rotatable bonds is 2. The molecule has 0 aliphatic carbocycles. The highest BCUT2D eigenvalue weighted by atomic mass is 16.3. The Kier molecular flexibility index (Phi) is 3.57. The normalized spacial score (nSPS) is 10.7. The van der Waals surface area contributed by atoms with Crippen LogP contribution in [0, 0.1) is 34.6 Å². The van der Waals surface area contributed by atoms with Gasteiger partial charge in [0.2, 0.25) is 0 Å².